The number of halogens is 1. The topological polar surface area (TPSA) is 85.9 Å². The zero-order chi connectivity index (χ0) is 26.9. The van der Waals surface area contributed by atoms with Crippen LogP contribution in [0.15, 0.2) is 48.7 Å². The van der Waals surface area contributed by atoms with Crippen molar-refractivity contribution in [1.82, 2.24) is 14.9 Å². The number of aromatic nitrogens is 2. The summed E-state index contributed by atoms with van der Waals surface area (Å²) in [7, 11) is 0. The Morgan fingerprint density at radius 1 is 0.974 bits per heavy atom. The molecule has 0 atom stereocenters. The Bertz CT molecular complexity index is 1310. The quantitative estimate of drug-likeness (QED) is 0.422. The maximum Gasteiger partial charge on any atom is 0.270 e. The number of rotatable bonds is 7. The third kappa shape index (κ3) is 5.35. The van der Waals surface area contributed by atoms with Gasteiger partial charge in [0.05, 0.1) is 11.9 Å². The fourth-order valence-electron chi connectivity index (χ4n) is 4.82. The van der Waals surface area contributed by atoms with E-state index in [1.54, 1.807) is 24.9 Å². The lowest BCUT2D eigenvalue weighted by molar-refractivity contribution is -0.132. The summed E-state index contributed by atoms with van der Waals surface area (Å²) in [5.74, 6) is 1.47. The molecule has 2 aliphatic heterocycles. The molecule has 0 aliphatic carbocycles. The minimum absolute atomic E-state index is 0.0783. The zero-order valence-corrected chi connectivity index (χ0v) is 23.0. The van der Waals surface area contributed by atoms with Crippen LogP contribution in [0.4, 0.5) is 34.5 Å². The summed E-state index contributed by atoms with van der Waals surface area (Å²) in [5, 5.41) is 6.91. The number of fused-ring (bicyclic) bond motifs is 1. The van der Waals surface area contributed by atoms with E-state index in [0.717, 1.165) is 44.1 Å². The highest BCUT2D eigenvalue weighted by Crippen LogP contribution is 2.40. The molecule has 0 bridgehead atoms. The van der Waals surface area contributed by atoms with Crippen molar-refractivity contribution in [2.24, 2.45) is 0 Å². The van der Waals surface area contributed by atoms with Crippen LogP contribution in [0.2, 0.25) is 5.02 Å². The lowest BCUT2D eigenvalue weighted by atomic mass is 10.0. The van der Waals surface area contributed by atoms with Gasteiger partial charge in [-0.2, -0.15) is 4.98 Å². The minimum Gasteiger partial charge on any atom is -0.476 e. The van der Waals surface area contributed by atoms with E-state index >= 15 is 0 Å². The Kier molecular flexibility index (Phi) is 7.32. The summed E-state index contributed by atoms with van der Waals surface area (Å²) in [6, 6.07) is 13.9. The number of carbonyl (C=O) groups excluding carboxylic acids is 1. The first-order valence-electron chi connectivity index (χ1n) is 13.1. The Morgan fingerprint density at radius 2 is 1.68 bits per heavy atom. The van der Waals surface area contributed by atoms with Gasteiger partial charge in [-0.25, -0.2) is 4.98 Å². The first-order chi connectivity index (χ1) is 18.3. The van der Waals surface area contributed by atoms with Crippen molar-refractivity contribution < 1.29 is 9.53 Å². The van der Waals surface area contributed by atoms with Gasteiger partial charge < -0.3 is 30.1 Å². The average Bonchev–Trinajstić information content (AvgIpc) is 2.92. The van der Waals surface area contributed by atoms with Crippen molar-refractivity contribution in [3.63, 3.8) is 0 Å². The molecule has 38 heavy (non-hydrogen) atoms. The van der Waals surface area contributed by atoms with Crippen molar-refractivity contribution in [3.05, 3.63) is 53.7 Å². The van der Waals surface area contributed by atoms with E-state index in [1.165, 1.54) is 5.69 Å². The Labute approximate surface area is 228 Å². The number of carbonyl (C=O) groups is 1. The van der Waals surface area contributed by atoms with E-state index < -0.39 is 5.60 Å². The molecule has 1 aromatic heterocycles. The fourth-order valence-corrected chi connectivity index (χ4v) is 4.96. The Hall–Kier alpha value is -3.56. The number of anilines is 6. The third-order valence-corrected chi connectivity index (χ3v) is 7.28. The van der Waals surface area contributed by atoms with Gasteiger partial charge in [0.1, 0.15) is 10.8 Å². The van der Waals surface area contributed by atoms with Gasteiger partial charge in [-0.15, -0.1) is 0 Å². The molecule has 0 unspecified atom stereocenters. The Morgan fingerprint density at radius 3 is 2.37 bits per heavy atom. The lowest BCUT2D eigenvalue weighted by Gasteiger charge is -2.38. The van der Waals surface area contributed by atoms with Crippen LogP contribution in [-0.2, 0) is 4.79 Å². The zero-order valence-electron chi connectivity index (χ0n) is 22.3. The number of piperazine rings is 1. The van der Waals surface area contributed by atoms with E-state index in [-0.39, 0.29) is 5.91 Å². The van der Waals surface area contributed by atoms with Crippen LogP contribution in [0.5, 0.6) is 5.75 Å². The first kappa shape index (κ1) is 26.1. The number of ether oxygens (including phenoxy) is 1. The van der Waals surface area contributed by atoms with Crippen molar-refractivity contribution >= 4 is 52.0 Å². The highest BCUT2D eigenvalue weighted by Gasteiger charge is 2.40. The standard InChI is InChI=1S/C28H34ClN7O2/c1-5-34-13-15-35(16-14-34)21-10-7-19(8-11-21)32-27-30-18-22(29)25(33-27)31-20-9-12-24-23(17-20)36(6-2)26(37)28(3,4)38-24/h7-12,17-18H,5-6,13-16H2,1-4H3,(H2,30,31,32,33). The SMILES string of the molecule is CCN1CCN(c2ccc(Nc3ncc(Cl)c(Nc4ccc5c(c4)N(CC)C(=O)C(C)(C)O5)n3)cc2)CC1. The predicted octanol–water partition coefficient (Wildman–Crippen LogP) is 5.28. The number of hydrogen-bond donors (Lipinski definition) is 2. The molecule has 2 N–H and O–H groups in total. The second kappa shape index (κ2) is 10.7. The molecular weight excluding hydrogens is 502 g/mol. The van der Waals surface area contributed by atoms with E-state index in [9.17, 15) is 4.79 Å². The molecule has 3 aromatic rings. The van der Waals surface area contributed by atoms with Crippen LogP contribution in [0.25, 0.3) is 0 Å². The highest BCUT2D eigenvalue weighted by molar-refractivity contribution is 6.32. The van der Waals surface area contributed by atoms with Crippen LogP contribution in [-0.4, -0.2) is 65.6 Å². The van der Waals surface area contributed by atoms with Crippen molar-refractivity contribution in [2.45, 2.75) is 33.3 Å². The van der Waals surface area contributed by atoms with Crippen LogP contribution in [0.3, 0.4) is 0 Å². The number of nitrogens with zero attached hydrogens (tertiary/aromatic N) is 5. The molecule has 0 saturated carbocycles. The number of hydrogen-bond acceptors (Lipinski definition) is 8. The van der Waals surface area contributed by atoms with Gasteiger partial charge >= 0.3 is 0 Å². The molecule has 9 nitrogen and oxygen atoms in total. The summed E-state index contributed by atoms with van der Waals surface area (Å²) in [6.07, 6.45) is 1.56. The van der Waals surface area contributed by atoms with Crippen LogP contribution in [0, 0.1) is 0 Å². The van der Waals surface area contributed by atoms with Crippen LogP contribution in [0.1, 0.15) is 27.7 Å². The summed E-state index contributed by atoms with van der Waals surface area (Å²) >= 11 is 6.42. The molecule has 5 rings (SSSR count). The first-order valence-corrected chi connectivity index (χ1v) is 13.4. The monoisotopic (exact) mass is 535 g/mol. The molecule has 0 spiro atoms. The molecule has 1 saturated heterocycles. The molecule has 2 aliphatic rings. The highest BCUT2D eigenvalue weighted by atomic mass is 35.5. The smallest absolute Gasteiger partial charge is 0.270 e. The van der Waals surface area contributed by atoms with Gasteiger partial charge in [-0.1, -0.05) is 18.5 Å². The van der Waals surface area contributed by atoms with Crippen molar-refractivity contribution in [3.8, 4) is 5.75 Å². The summed E-state index contributed by atoms with van der Waals surface area (Å²) in [5.41, 5.74) is 2.64. The normalized spacial score (nSPS) is 17.1. The number of benzene rings is 2. The van der Waals surface area contributed by atoms with Gasteiger partial charge in [0.25, 0.3) is 5.91 Å². The molecular formula is C28H34ClN7O2. The molecule has 3 heterocycles. The van der Waals surface area contributed by atoms with E-state index in [4.69, 9.17) is 16.3 Å². The average molecular weight is 536 g/mol. The van der Waals surface area contributed by atoms with Crippen molar-refractivity contribution in [2.75, 3.05) is 59.7 Å². The van der Waals surface area contributed by atoms with Crippen LogP contribution < -0.4 is 25.2 Å². The van der Waals surface area contributed by atoms with Crippen LogP contribution >= 0.6 is 11.6 Å². The van der Waals surface area contributed by atoms with Gasteiger partial charge in [0, 0.05) is 49.8 Å². The predicted molar refractivity (Wildman–Crippen MR) is 154 cm³/mol. The summed E-state index contributed by atoms with van der Waals surface area (Å²) < 4.78 is 5.95. The van der Waals surface area contributed by atoms with Gasteiger partial charge in [-0.3, -0.25) is 4.79 Å². The minimum atomic E-state index is -0.906. The largest absolute Gasteiger partial charge is 0.476 e. The molecule has 0 radical (unpaired) electrons. The summed E-state index contributed by atoms with van der Waals surface area (Å²) in [4.78, 5) is 28.4. The van der Waals surface area contributed by atoms with E-state index in [1.807, 2.05) is 37.3 Å². The fraction of sp³-hybridized carbons (Fsp3) is 0.393. The molecule has 10 heteroatoms. The molecule has 200 valence electrons. The second-order valence-corrected chi connectivity index (χ2v) is 10.4. The van der Waals surface area contributed by atoms with Gasteiger partial charge in [0.2, 0.25) is 5.95 Å². The number of likely N-dealkylation sites (N-methyl/N-ethyl adjacent to an activating group) is 2. The third-order valence-electron chi connectivity index (χ3n) is 7.01. The molecule has 1 amide bonds. The summed E-state index contributed by atoms with van der Waals surface area (Å²) in [6.45, 7) is 13.6. The number of amides is 1. The second-order valence-electron chi connectivity index (χ2n) is 9.95. The van der Waals surface area contributed by atoms with Crippen molar-refractivity contribution in [1.29, 1.82) is 0 Å². The molecule has 2 aromatic carbocycles. The van der Waals surface area contributed by atoms with Gasteiger partial charge in [0.15, 0.2) is 11.4 Å². The van der Waals surface area contributed by atoms with E-state index in [2.05, 4.69) is 49.5 Å². The maximum atomic E-state index is 12.8. The maximum absolute atomic E-state index is 12.8. The Balaban J connectivity index is 1.29. The van der Waals surface area contributed by atoms with E-state index in [0.29, 0.717) is 34.8 Å². The molecule has 1 fully saturated rings. The number of nitrogens with one attached hydrogen (secondary N) is 2. The lowest BCUT2D eigenvalue weighted by Crippen LogP contribution is -2.52. The van der Waals surface area contributed by atoms with Gasteiger partial charge in [-0.05, 0) is 69.8 Å².